The van der Waals surface area contributed by atoms with E-state index in [1.165, 1.54) is 0 Å². The topological polar surface area (TPSA) is 54.5 Å². The molecule has 0 spiro atoms. The minimum absolute atomic E-state index is 0.00514. The fourth-order valence-corrected chi connectivity index (χ4v) is 1.94. The molecular weight excluding hydrogens is 266 g/mol. The number of hydrogen-bond acceptors (Lipinski definition) is 4. The molecule has 0 radical (unpaired) electrons. The maximum Gasteiger partial charge on any atom is 0.263 e. The Labute approximate surface area is 127 Å². The van der Waals surface area contributed by atoms with Crippen molar-refractivity contribution in [3.63, 3.8) is 0 Å². The molecule has 1 aromatic heterocycles. The Bertz CT molecular complexity index is 428. The summed E-state index contributed by atoms with van der Waals surface area (Å²) in [4.78, 5) is 18.2. The quantitative estimate of drug-likeness (QED) is 0.798. The normalized spacial score (nSPS) is 12.3. The lowest BCUT2D eigenvalue weighted by molar-refractivity contribution is -0.137. The smallest absolute Gasteiger partial charge is 0.263 e. The maximum absolute atomic E-state index is 12.1. The van der Waals surface area contributed by atoms with Gasteiger partial charge in [-0.15, -0.1) is 0 Å². The Balaban J connectivity index is 2.56. The van der Waals surface area contributed by atoms with Crippen molar-refractivity contribution in [2.45, 2.75) is 53.3 Å². The predicted octanol–water partition coefficient (Wildman–Crippen LogP) is 2.22. The highest BCUT2D eigenvalue weighted by atomic mass is 16.5. The number of nitrogens with one attached hydrogen (secondary N) is 1. The lowest BCUT2D eigenvalue weighted by atomic mass is 10.3. The first-order valence-electron chi connectivity index (χ1n) is 7.61. The van der Waals surface area contributed by atoms with Crippen molar-refractivity contribution < 1.29 is 9.53 Å². The van der Waals surface area contributed by atoms with Crippen molar-refractivity contribution in [2.24, 2.45) is 0 Å². The van der Waals surface area contributed by atoms with Crippen LogP contribution < -0.4 is 10.1 Å². The Hall–Kier alpha value is -1.62. The number of pyridine rings is 1. The number of amides is 1. The molecule has 0 aliphatic heterocycles. The number of aromatic nitrogens is 1. The SMILES string of the molecule is CCN(CC)C(=O)C(C)Oc1ccc(CNC(C)C)nc1. The average molecular weight is 293 g/mol. The minimum atomic E-state index is -0.494. The van der Waals surface area contributed by atoms with Gasteiger partial charge in [0.2, 0.25) is 0 Å². The van der Waals surface area contributed by atoms with Gasteiger partial charge in [-0.2, -0.15) is 0 Å². The summed E-state index contributed by atoms with van der Waals surface area (Å²) in [7, 11) is 0. The van der Waals surface area contributed by atoms with E-state index in [1.807, 2.05) is 26.0 Å². The highest BCUT2D eigenvalue weighted by Crippen LogP contribution is 2.12. The van der Waals surface area contributed by atoms with Gasteiger partial charge in [-0.1, -0.05) is 13.8 Å². The van der Waals surface area contributed by atoms with E-state index in [1.54, 1.807) is 18.0 Å². The summed E-state index contributed by atoms with van der Waals surface area (Å²) in [5.74, 6) is 0.627. The van der Waals surface area contributed by atoms with Gasteiger partial charge in [0, 0.05) is 25.7 Å². The molecule has 5 nitrogen and oxygen atoms in total. The fourth-order valence-electron chi connectivity index (χ4n) is 1.94. The Morgan fingerprint density at radius 2 is 1.95 bits per heavy atom. The molecule has 1 N–H and O–H groups in total. The summed E-state index contributed by atoms with van der Waals surface area (Å²) >= 11 is 0. The fraction of sp³-hybridized carbons (Fsp3) is 0.625. The van der Waals surface area contributed by atoms with Crippen LogP contribution in [0.15, 0.2) is 18.3 Å². The second-order valence-electron chi connectivity index (χ2n) is 5.29. The van der Waals surface area contributed by atoms with Gasteiger partial charge in [-0.05, 0) is 32.9 Å². The number of likely N-dealkylation sites (N-methyl/N-ethyl adjacent to an activating group) is 1. The van der Waals surface area contributed by atoms with E-state index in [9.17, 15) is 4.79 Å². The van der Waals surface area contributed by atoms with E-state index >= 15 is 0 Å². The van der Waals surface area contributed by atoms with E-state index in [2.05, 4.69) is 24.1 Å². The molecular formula is C16H27N3O2. The molecule has 0 bridgehead atoms. The van der Waals surface area contributed by atoms with Crippen molar-refractivity contribution in [3.05, 3.63) is 24.0 Å². The summed E-state index contributed by atoms with van der Waals surface area (Å²) in [6, 6.07) is 4.20. The van der Waals surface area contributed by atoms with Crippen molar-refractivity contribution in [3.8, 4) is 5.75 Å². The highest BCUT2D eigenvalue weighted by molar-refractivity contribution is 5.80. The zero-order chi connectivity index (χ0) is 15.8. The molecule has 0 aromatic carbocycles. The molecule has 1 amide bonds. The van der Waals surface area contributed by atoms with Crippen LogP contribution in [-0.2, 0) is 11.3 Å². The monoisotopic (exact) mass is 293 g/mol. The van der Waals surface area contributed by atoms with Crippen LogP contribution in [0.5, 0.6) is 5.75 Å². The van der Waals surface area contributed by atoms with Gasteiger partial charge in [0.1, 0.15) is 5.75 Å². The third-order valence-corrected chi connectivity index (χ3v) is 3.22. The standard InChI is InChI=1S/C16H27N3O2/c1-6-19(7-2)16(20)13(5)21-15-9-8-14(18-11-15)10-17-12(3)4/h8-9,11-13,17H,6-7,10H2,1-5H3. The second kappa shape index (κ2) is 8.62. The molecule has 0 aliphatic rings. The molecule has 0 aliphatic carbocycles. The van der Waals surface area contributed by atoms with Crippen LogP contribution in [0.3, 0.4) is 0 Å². The molecule has 1 atom stereocenters. The average Bonchev–Trinajstić information content (AvgIpc) is 2.47. The van der Waals surface area contributed by atoms with Crippen LogP contribution >= 0.6 is 0 Å². The van der Waals surface area contributed by atoms with Crippen LogP contribution in [0.2, 0.25) is 0 Å². The van der Waals surface area contributed by atoms with E-state index in [4.69, 9.17) is 4.74 Å². The zero-order valence-electron chi connectivity index (χ0n) is 13.7. The van der Waals surface area contributed by atoms with Gasteiger partial charge in [-0.25, -0.2) is 0 Å². The minimum Gasteiger partial charge on any atom is -0.479 e. The van der Waals surface area contributed by atoms with E-state index in [-0.39, 0.29) is 5.91 Å². The molecule has 1 rings (SSSR count). The molecule has 5 heteroatoms. The van der Waals surface area contributed by atoms with Gasteiger partial charge >= 0.3 is 0 Å². The van der Waals surface area contributed by atoms with Crippen LogP contribution in [-0.4, -0.2) is 41.0 Å². The third kappa shape index (κ3) is 5.71. The van der Waals surface area contributed by atoms with E-state index in [0.29, 0.717) is 24.9 Å². The summed E-state index contributed by atoms with van der Waals surface area (Å²) in [6.07, 6.45) is 1.18. The zero-order valence-corrected chi connectivity index (χ0v) is 13.7. The van der Waals surface area contributed by atoms with E-state index in [0.717, 1.165) is 12.2 Å². The number of ether oxygens (including phenoxy) is 1. The summed E-state index contributed by atoms with van der Waals surface area (Å²) in [6.45, 7) is 12.0. The molecule has 1 heterocycles. The predicted molar refractivity (Wildman–Crippen MR) is 84.2 cm³/mol. The van der Waals surface area contributed by atoms with Crippen LogP contribution in [0.1, 0.15) is 40.3 Å². The molecule has 1 unspecified atom stereocenters. The number of hydrogen-bond donors (Lipinski definition) is 1. The number of carbonyl (C=O) groups is 1. The van der Waals surface area contributed by atoms with Gasteiger partial charge < -0.3 is 15.0 Å². The Kier molecular flexibility index (Phi) is 7.15. The van der Waals surface area contributed by atoms with Crippen LogP contribution in [0, 0.1) is 0 Å². The van der Waals surface area contributed by atoms with Gasteiger partial charge in [0.05, 0.1) is 11.9 Å². The third-order valence-electron chi connectivity index (χ3n) is 3.22. The van der Waals surface area contributed by atoms with Crippen LogP contribution in [0.25, 0.3) is 0 Å². The molecule has 1 aromatic rings. The highest BCUT2D eigenvalue weighted by Gasteiger charge is 2.19. The number of rotatable bonds is 8. The lowest BCUT2D eigenvalue weighted by Crippen LogP contribution is -2.40. The summed E-state index contributed by atoms with van der Waals surface area (Å²) in [5.41, 5.74) is 0.957. The molecule has 118 valence electrons. The molecule has 21 heavy (non-hydrogen) atoms. The molecule has 0 fully saturated rings. The molecule has 0 saturated heterocycles. The second-order valence-corrected chi connectivity index (χ2v) is 5.29. The van der Waals surface area contributed by atoms with Crippen LogP contribution in [0.4, 0.5) is 0 Å². The summed E-state index contributed by atoms with van der Waals surface area (Å²) in [5, 5.41) is 3.31. The van der Waals surface area contributed by atoms with Crippen molar-refractivity contribution >= 4 is 5.91 Å². The number of carbonyl (C=O) groups excluding carboxylic acids is 1. The van der Waals surface area contributed by atoms with Crippen molar-refractivity contribution in [1.29, 1.82) is 0 Å². The van der Waals surface area contributed by atoms with E-state index < -0.39 is 6.10 Å². The van der Waals surface area contributed by atoms with Crippen molar-refractivity contribution in [2.75, 3.05) is 13.1 Å². The first kappa shape index (κ1) is 17.4. The largest absolute Gasteiger partial charge is 0.479 e. The van der Waals surface area contributed by atoms with Crippen molar-refractivity contribution in [1.82, 2.24) is 15.2 Å². The van der Waals surface area contributed by atoms with Gasteiger partial charge in [0.25, 0.3) is 5.91 Å². The number of nitrogens with zero attached hydrogens (tertiary/aromatic N) is 2. The molecule has 0 saturated carbocycles. The van der Waals surface area contributed by atoms with Gasteiger partial charge in [0.15, 0.2) is 6.10 Å². The lowest BCUT2D eigenvalue weighted by Gasteiger charge is -2.23. The Morgan fingerprint density at radius 3 is 2.43 bits per heavy atom. The van der Waals surface area contributed by atoms with Gasteiger partial charge in [-0.3, -0.25) is 9.78 Å². The maximum atomic E-state index is 12.1. The first-order chi connectivity index (χ1) is 9.97. The summed E-state index contributed by atoms with van der Waals surface area (Å²) < 4.78 is 5.67. The Morgan fingerprint density at radius 1 is 1.29 bits per heavy atom. The first-order valence-corrected chi connectivity index (χ1v) is 7.61.